The molecule has 1 saturated heterocycles. The van der Waals surface area contributed by atoms with Crippen LogP contribution in [0.2, 0.25) is 0 Å². The molecule has 2 aromatic carbocycles. The van der Waals surface area contributed by atoms with E-state index in [0.29, 0.717) is 11.1 Å². The van der Waals surface area contributed by atoms with E-state index in [1.54, 1.807) is 24.3 Å². The Balaban J connectivity index is 0.000000268. The number of nitro groups is 1. The number of nitro benzene ring substituents is 1. The van der Waals surface area contributed by atoms with Crippen molar-refractivity contribution in [3.05, 3.63) is 75.8 Å². The molecule has 1 aliphatic heterocycles. The van der Waals surface area contributed by atoms with Gasteiger partial charge >= 0.3 is 0 Å². The largest absolute Gasteiger partial charge is 0.314 e. The fraction of sp³-hybridized carbons (Fsp3) is 0.235. The molecule has 6 heteroatoms. The van der Waals surface area contributed by atoms with Crippen LogP contribution in [-0.2, 0) is 0 Å². The van der Waals surface area contributed by atoms with Crippen LogP contribution < -0.4 is 10.6 Å². The molecule has 3 rings (SSSR count). The number of nitrogens with zero attached hydrogens (tertiary/aromatic N) is 1. The fourth-order valence-electron chi connectivity index (χ4n) is 2.09. The number of carbonyl (C=O) groups is 1. The van der Waals surface area contributed by atoms with E-state index in [-0.39, 0.29) is 11.5 Å². The lowest BCUT2D eigenvalue weighted by Crippen LogP contribution is -2.39. The highest BCUT2D eigenvalue weighted by Crippen LogP contribution is 2.15. The summed E-state index contributed by atoms with van der Waals surface area (Å²) < 4.78 is 0. The Morgan fingerprint density at radius 1 is 0.826 bits per heavy atom. The number of rotatable bonds is 3. The topological polar surface area (TPSA) is 84.3 Å². The number of carbonyl (C=O) groups excluding carboxylic acids is 1. The smallest absolute Gasteiger partial charge is 0.269 e. The minimum absolute atomic E-state index is 0.0189. The standard InChI is InChI=1S/C13H9NO3.C4H10N2/c15-13(10-4-2-1-3-5-10)11-6-8-12(9-7-11)14(16)17;1-2-6-4-3-5-1/h1-9H;5-6H,1-4H2. The van der Waals surface area contributed by atoms with Gasteiger partial charge in [0.2, 0.25) is 0 Å². The van der Waals surface area contributed by atoms with Gasteiger partial charge in [0.05, 0.1) is 4.92 Å². The van der Waals surface area contributed by atoms with Crippen LogP contribution in [0, 0.1) is 10.1 Å². The Bertz CT molecular complexity index is 626. The SMILES string of the molecule is C1CNCCN1.O=C(c1ccccc1)c1ccc([N+](=O)[O-])cc1. The van der Waals surface area contributed by atoms with Crippen LogP contribution in [-0.4, -0.2) is 36.9 Å². The summed E-state index contributed by atoms with van der Waals surface area (Å²) in [6, 6.07) is 14.4. The highest BCUT2D eigenvalue weighted by molar-refractivity contribution is 6.09. The molecule has 0 spiro atoms. The number of piperazine rings is 1. The van der Waals surface area contributed by atoms with Crippen molar-refractivity contribution in [3.63, 3.8) is 0 Å². The van der Waals surface area contributed by atoms with Crippen molar-refractivity contribution in [2.45, 2.75) is 0 Å². The summed E-state index contributed by atoms with van der Waals surface area (Å²) in [5, 5.41) is 16.9. The van der Waals surface area contributed by atoms with E-state index < -0.39 is 4.92 Å². The van der Waals surface area contributed by atoms with Gasteiger partial charge in [-0.05, 0) is 12.1 Å². The number of hydrogen-bond donors (Lipinski definition) is 2. The molecule has 0 amide bonds. The van der Waals surface area contributed by atoms with Crippen LogP contribution in [0.15, 0.2) is 54.6 Å². The minimum atomic E-state index is -0.489. The molecule has 1 aliphatic rings. The number of hydrogen-bond acceptors (Lipinski definition) is 5. The molecule has 23 heavy (non-hydrogen) atoms. The average Bonchev–Trinajstić information content (AvgIpc) is 2.64. The lowest BCUT2D eigenvalue weighted by Gasteiger charge is -2.11. The highest BCUT2D eigenvalue weighted by Gasteiger charge is 2.10. The first-order valence-electron chi connectivity index (χ1n) is 7.44. The van der Waals surface area contributed by atoms with Gasteiger partial charge in [0.1, 0.15) is 0 Å². The van der Waals surface area contributed by atoms with Crippen LogP contribution in [0.1, 0.15) is 15.9 Å². The second kappa shape index (κ2) is 8.77. The van der Waals surface area contributed by atoms with Crippen molar-refractivity contribution >= 4 is 11.5 Å². The molecule has 1 fully saturated rings. The molecule has 2 aromatic rings. The molecule has 0 saturated carbocycles. The Morgan fingerprint density at radius 2 is 1.30 bits per heavy atom. The van der Waals surface area contributed by atoms with Crippen molar-refractivity contribution in [1.29, 1.82) is 0 Å². The fourth-order valence-corrected chi connectivity index (χ4v) is 2.09. The molecule has 2 N–H and O–H groups in total. The van der Waals surface area contributed by atoms with Gasteiger partial charge in [-0.1, -0.05) is 30.3 Å². The zero-order chi connectivity index (χ0) is 16.5. The summed E-state index contributed by atoms with van der Waals surface area (Å²) in [7, 11) is 0. The minimum Gasteiger partial charge on any atom is -0.314 e. The van der Waals surface area contributed by atoms with E-state index in [9.17, 15) is 14.9 Å². The molecule has 1 heterocycles. The second-order valence-corrected chi connectivity index (χ2v) is 5.00. The average molecular weight is 313 g/mol. The molecular weight excluding hydrogens is 294 g/mol. The van der Waals surface area contributed by atoms with Gasteiger partial charge in [-0.15, -0.1) is 0 Å². The van der Waals surface area contributed by atoms with Crippen LogP contribution >= 0.6 is 0 Å². The number of ketones is 1. The molecular formula is C17H19N3O3. The van der Waals surface area contributed by atoms with Crippen molar-refractivity contribution in [3.8, 4) is 0 Å². The zero-order valence-corrected chi connectivity index (χ0v) is 12.7. The van der Waals surface area contributed by atoms with Crippen LogP contribution in [0.3, 0.4) is 0 Å². The van der Waals surface area contributed by atoms with Crippen LogP contribution in [0.25, 0.3) is 0 Å². The monoisotopic (exact) mass is 313 g/mol. The number of non-ortho nitro benzene ring substituents is 1. The normalized spacial score (nSPS) is 13.6. The maximum Gasteiger partial charge on any atom is 0.269 e. The zero-order valence-electron chi connectivity index (χ0n) is 12.7. The van der Waals surface area contributed by atoms with Gasteiger partial charge < -0.3 is 10.6 Å². The highest BCUT2D eigenvalue weighted by atomic mass is 16.6. The molecule has 0 radical (unpaired) electrons. The molecule has 0 aromatic heterocycles. The predicted molar refractivity (Wildman–Crippen MR) is 88.7 cm³/mol. The summed E-state index contributed by atoms with van der Waals surface area (Å²) in [6.07, 6.45) is 0. The third kappa shape index (κ3) is 5.28. The third-order valence-corrected chi connectivity index (χ3v) is 3.33. The second-order valence-electron chi connectivity index (χ2n) is 5.00. The lowest BCUT2D eigenvalue weighted by atomic mass is 10.0. The summed E-state index contributed by atoms with van der Waals surface area (Å²) >= 11 is 0. The first-order chi connectivity index (χ1) is 11.2. The van der Waals surface area contributed by atoms with Gasteiger partial charge in [-0.3, -0.25) is 14.9 Å². The van der Waals surface area contributed by atoms with Crippen LogP contribution in [0.4, 0.5) is 5.69 Å². The number of benzene rings is 2. The Kier molecular flexibility index (Phi) is 6.40. The molecule has 0 aliphatic carbocycles. The Labute approximate surface area is 134 Å². The third-order valence-electron chi connectivity index (χ3n) is 3.33. The molecule has 0 bridgehead atoms. The van der Waals surface area contributed by atoms with E-state index in [0.717, 1.165) is 26.2 Å². The quantitative estimate of drug-likeness (QED) is 0.514. The van der Waals surface area contributed by atoms with E-state index >= 15 is 0 Å². The molecule has 0 atom stereocenters. The Morgan fingerprint density at radius 3 is 1.74 bits per heavy atom. The Hall–Kier alpha value is -2.57. The van der Waals surface area contributed by atoms with Crippen molar-refractivity contribution in [2.24, 2.45) is 0 Å². The van der Waals surface area contributed by atoms with Crippen molar-refractivity contribution in [2.75, 3.05) is 26.2 Å². The van der Waals surface area contributed by atoms with Crippen molar-refractivity contribution < 1.29 is 9.72 Å². The van der Waals surface area contributed by atoms with E-state index in [1.807, 2.05) is 6.07 Å². The van der Waals surface area contributed by atoms with Gasteiger partial charge in [0.15, 0.2) is 5.78 Å². The maximum atomic E-state index is 12.0. The van der Waals surface area contributed by atoms with Crippen molar-refractivity contribution in [1.82, 2.24) is 10.6 Å². The first-order valence-corrected chi connectivity index (χ1v) is 7.44. The van der Waals surface area contributed by atoms with Gasteiger partial charge in [0.25, 0.3) is 5.69 Å². The molecule has 120 valence electrons. The first kappa shape index (κ1) is 16.8. The summed E-state index contributed by atoms with van der Waals surface area (Å²) in [5.74, 6) is -0.138. The molecule has 0 unspecified atom stereocenters. The number of nitrogens with one attached hydrogen (secondary N) is 2. The van der Waals surface area contributed by atoms with E-state index in [1.165, 1.54) is 24.3 Å². The van der Waals surface area contributed by atoms with Gasteiger partial charge in [-0.25, -0.2) is 0 Å². The lowest BCUT2D eigenvalue weighted by molar-refractivity contribution is -0.384. The predicted octanol–water partition coefficient (Wildman–Crippen LogP) is 2.00. The van der Waals surface area contributed by atoms with E-state index in [4.69, 9.17) is 0 Å². The molecule has 6 nitrogen and oxygen atoms in total. The van der Waals surface area contributed by atoms with Gasteiger partial charge in [0, 0.05) is 49.4 Å². The maximum absolute atomic E-state index is 12.0. The van der Waals surface area contributed by atoms with E-state index in [2.05, 4.69) is 10.6 Å². The summed E-state index contributed by atoms with van der Waals surface area (Å²) in [4.78, 5) is 21.9. The summed E-state index contributed by atoms with van der Waals surface area (Å²) in [5.41, 5.74) is 0.998. The van der Waals surface area contributed by atoms with Crippen LogP contribution in [0.5, 0.6) is 0 Å². The van der Waals surface area contributed by atoms with Gasteiger partial charge in [-0.2, -0.15) is 0 Å². The summed E-state index contributed by atoms with van der Waals surface area (Å²) in [6.45, 7) is 4.56.